The minimum atomic E-state index is 0.842. The number of pyridine rings is 1. The molecule has 1 saturated heterocycles. The lowest BCUT2D eigenvalue weighted by molar-refractivity contribution is 0.776. The van der Waals surface area contributed by atoms with Crippen molar-refractivity contribution in [1.82, 2.24) is 14.5 Å². The molecule has 4 nitrogen and oxygen atoms in total. The van der Waals surface area contributed by atoms with Crippen molar-refractivity contribution in [3.8, 4) is 0 Å². The molecule has 0 atom stereocenters. The third kappa shape index (κ3) is 2.27. The average molecular weight is 278 g/mol. The fraction of sp³-hybridized carbons (Fsp3) is 0.294. The van der Waals surface area contributed by atoms with Crippen molar-refractivity contribution in [2.24, 2.45) is 0 Å². The molecule has 0 N–H and O–H groups in total. The lowest BCUT2D eigenvalue weighted by Gasteiger charge is -2.18. The van der Waals surface area contributed by atoms with Gasteiger partial charge in [-0.25, -0.2) is 4.98 Å². The highest BCUT2D eigenvalue weighted by Crippen LogP contribution is 2.25. The van der Waals surface area contributed by atoms with Crippen LogP contribution in [0.2, 0.25) is 0 Å². The molecule has 106 valence electrons. The first-order chi connectivity index (χ1) is 10.4. The van der Waals surface area contributed by atoms with E-state index >= 15 is 0 Å². The van der Waals surface area contributed by atoms with E-state index in [0.717, 1.165) is 36.7 Å². The van der Waals surface area contributed by atoms with E-state index in [1.807, 2.05) is 12.3 Å². The van der Waals surface area contributed by atoms with Crippen LogP contribution in [0, 0.1) is 0 Å². The second-order valence-corrected chi connectivity index (χ2v) is 5.52. The Bertz CT molecular complexity index is 742. The van der Waals surface area contributed by atoms with Crippen LogP contribution in [0.4, 0.5) is 5.95 Å². The van der Waals surface area contributed by atoms with E-state index in [9.17, 15) is 0 Å². The zero-order valence-corrected chi connectivity index (χ0v) is 11.9. The van der Waals surface area contributed by atoms with E-state index < -0.39 is 0 Å². The molecule has 2 aromatic heterocycles. The minimum absolute atomic E-state index is 0.842. The maximum atomic E-state index is 4.77. The fourth-order valence-corrected chi connectivity index (χ4v) is 3.03. The van der Waals surface area contributed by atoms with E-state index in [-0.39, 0.29) is 0 Å². The van der Waals surface area contributed by atoms with Crippen molar-refractivity contribution >= 4 is 17.1 Å². The first-order valence-corrected chi connectivity index (χ1v) is 7.52. The molecule has 1 fully saturated rings. The Labute approximate surface area is 124 Å². The third-order valence-electron chi connectivity index (χ3n) is 4.08. The minimum Gasteiger partial charge on any atom is -0.342 e. The van der Waals surface area contributed by atoms with Crippen LogP contribution >= 0.6 is 0 Å². The number of anilines is 1. The Morgan fingerprint density at radius 1 is 0.952 bits per heavy atom. The molecule has 0 radical (unpaired) electrons. The predicted molar refractivity (Wildman–Crippen MR) is 84.5 cm³/mol. The summed E-state index contributed by atoms with van der Waals surface area (Å²) in [6.45, 7) is 3.03. The normalized spacial score (nSPS) is 15.0. The van der Waals surface area contributed by atoms with Crippen molar-refractivity contribution in [2.45, 2.75) is 19.4 Å². The molecular weight excluding hydrogens is 260 g/mol. The number of benzene rings is 1. The van der Waals surface area contributed by atoms with Gasteiger partial charge in [-0.1, -0.05) is 30.3 Å². The molecule has 1 aliphatic heterocycles. The van der Waals surface area contributed by atoms with Crippen molar-refractivity contribution < 1.29 is 0 Å². The lowest BCUT2D eigenvalue weighted by atomic mass is 10.2. The summed E-state index contributed by atoms with van der Waals surface area (Å²) in [6.07, 6.45) is 4.32. The van der Waals surface area contributed by atoms with Crippen LogP contribution in [0.3, 0.4) is 0 Å². The molecule has 21 heavy (non-hydrogen) atoms. The van der Waals surface area contributed by atoms with Gasteiger partial charge in [0.2, 0.25) is 5.95 Å². The standard InChI is InChI=1S/C17H18N4/c1-2-7-14(8-3-1)13-21-15-9-6-10-18-16(15)19-17(21)20-11-4-5-12-20/h1-3,6-10H,4-5,11-13H2. The highest BCUT2D eigenvalue weighted by molar-refractivity contribution is 5.75. The Hall–Kier alpha value is -2.36. The lowest BCUT2D eigenvalue weighted by Crippen LogP contribution is -2.22. The van der Waals surface area contributed by atoms with E-state index in [4.69, 9.17) is 4.98 Å². The summed E-state index contributed by atoms with van der Waals surface area (Å²) in [7, 11) is 0. The van der Waals surface area contributed by atoms with Crippen LogP contribution in [0.15, 0.2) is 48.7 Å². The van der Waals surface area contributed by atoms with Gasteiger partial charge in [0.15, 0.2) is 5.65 Å². The molecule has 0 unspecified atom stereocenters. The summed E-state index contributed by atoms with van der Waals surface area (Å²) in [5, 5.41) is 0. The molecule has 4 rings (SSSR count). The van der Waals surface area contributed by atoms with Crippen molar-refractivity contribution in [3.05, 3.63) is 54.2 Å². The topological polar surface area (TPSA) is 34.0 Å². The molecular formula is C17H18N4. The SMILES string of the molecule is c1ccc(Cn2c(N3CCCC3)nc3ncccc32)cc1. The Balaban J connectivity index is 1.82. The predicted octanol–water partition coefficient (Wildman–Crippen LogP) is 3.08. The van der Waals surface area contributed by atoms with Crippen molar-refractivity contribution in [3.63, 3.8) is 0 Å². The third-order valence-corrected chi connectivity index (χ3v) is 4.08. The summed E-state index contributed by atoms with van der Waals surface area (Å²) >= 11 is 0. The van der Waals surface area contributed by atoms with Gasteiger partial charge in [-0.2, -0.15) is 4.98 Å². The highest BCUT2D eigenvalue weighted by Gasteiger charge is 2.20. The van der Waals surface area contributed by atoms with Crippen molar-refractivity contribution in [1.29, 1.82) is 0 Å². The zero-order chi connectivity index (χ0) is 14.1. The van der Waals surface area contributed by atoms with Gasteiger partial charge in [0, 0.05) is 19.3 Å². The van der Waals surface area contributed by atoms with Crippen LogP contribution in [-0.2, 0) is 6.54 Å². The molecule has 4 heteroatoms. The van der Waals surface area contributed by atoms with Gasteiger partial charge in [0.05, 0.1) is 12.1 Å². The Morgan fingerprint density at radius 3 is 2.57 bits per heavy atom. The van der Waals surface area contributed by atoms with Gasteiger partial charge in [0.25, 0.3) is 0 Å². The first kappa shape index (κ1) is 12.4. The summed E-state index contributed by atoms with van der Waals surface area (Å²) < 4.78 is 2.29. The summed E-state index contributed by atoms with van der Waals surface area (Å²) in [5.74, 6) is 1.06. The van der Waals surface area contributed by atoms with Crippen LogP contribution in [0.25, 0.3) is 11.2 Å². The second-order valence-electron chi connectivity index (χ2n) is 5.52. The quantitative estimate of drug-likeness (QED) is 0.738. The van der Waals surface area contributed by atoms with Gasteiger partial charge < -0.3 is 9.47 Å². The van der Waals surface area contributed by atoms with E-state index in [1.165, 1.54) is 18.4 Å². The summed E-state index contributed by atoms with van der Waals surface area (Å²) in [6, 6.07) is 14.6. The van der Waals surface area contributed by atoms with Crippen LogP contribution in [0.5, 0.6) is 0 Å². The number of aromatic nitrogens is 3. The molecule has 0 bridgehead atoms. The van der Waals surface area contributed by atoms with E-state index in [2.05, 4.69) is 50.8 Å². The highest BCUT2D eigenvalue weighted by atomic mass is 15.3. The van der Waals surface area contributed by atoms with E-state index in [1.54, 1.807) is 0 Å². The van der Waals surface area contributed by atoms with Gasteiger partial charge in [0.1, 0.15) is 0 Å². The smallest absolute Gasteiger partial charge is 0.208 e. The van der Waals surface area contributed by atoms with Gasteiger partial charge in [-0.05, 0) is 30.5 Å². The number of fused-ring (bicyclic) bond motifs is 1. The number of nitrogens with zero attached hydrogens (tertiary/aromatic N) is 4. The van der Waals surface area contributed by atoms with Gasteiger partial charge in [-0.15, -0.1) is 0 Å². The number of hydrogen-bond donors (Lipinski definition) is 0. The number of hydrogen-bond acceptors (Lipinski definition) is 3. The van der Waals surface area contributed by atoms with E-state index in [0.29, 0.717) is 0 Å². The maximum Gasteiger partial charge on any atom is 0.208 e. The van der Waals surface area contributed by atoms with Crippen LogP contribution < -0.4 is 4.90 Å². The van der Waals surface area contributed by atoms with Crippen LogP contribution in [0.1, 0.15) is 18.4 Å². The van der Waals surface area contributed by atoms with Crippen molar-refractivity contribution in [2.75, 3.05) is 18.0 Å². The number of imidazole rings is 1. The zero-order valence-electron chi connectivity index (χ0n) is 11.9. The molecule has 1 aliphatic rings. The fourth-order valence-electron chi connectivity index (χ4n) is 3.03. The largest absolute Gasteiger partial charge is 0.342 e. The molecule has 0 aliphatic carbocycles. The summed E-state index contributed by atoms with van der Waals surface area (Å²) in [5.41, 5.74) is 3.25. The van der Waals surface area contributed by atoms with Gasteiger partial charge in [-0.3, -0.25) is 0 Å². The van der Waals surface area contributed by atoms with Crippen LogP contribution in [-0.4, -0.2) is 27.6 Å². The number of rotatable bonds is 3. The molecule has 1 aromatic carbocycles. The first-order valence-electron chi connectivity index (χ1n) is 7.52. The molecule has 3 heterocycles. The average Bonchev–Trinajstić information content (AvgIpc) is 3.16. The molecule has 3 aromatic rings. The van der Waals surface area contributed by atoms with Gasteiger partial charge >= 0.3 is 0 Å². The maximum absolute atomic E-state index is 4.77. The Morgan fingerprint density at radius 2 is 1.76 bits per heavy atom. The molecule has 0 spiro atoms. The summed E-state index contributed by atoms with van der Waals surface area (Å²) in [4.78, 5) is 11.6. The monoisotopic (exact) mass is 278 g/mol. The molecule has 0 amide bonds. The second kappa shape index (κ2) is 5.20. The Kier molecular flexibility index (Phi) is 3.07. The molecule has 0 saturated carbocycles.